The monoisotopic (exact) mass is 304 g/mol. The molecule has 0 aliphatic heterocycles. The first kappa shape index (κ1) is 16.5. The molecule has 1 N–H and O–H groups in total. The first-order chi connectivity index (χ1) is 10.6. The third-order valence-electron chi connectivity index (χ3n) is 4.02. The van der Waals surface area contributed by atoms with Gasteiger partial charge in [0.1, 0.15) is 0 Å². The van der Waals surface area contributed by atoms with Crippen molar-refractivity contribution >= 4 is 11.9 Å². The van der Waals surface area contributed by atoms with E-state index >= 15 is 0 Å². The van der Waals surface area contributed by atoms with E-state index in [0.717, 1.165) is 19.3 Å². The molecule has 1 aliphatic carbocycles. The topological polar surface area (TPSA) is 68.3 Å². The zero-order valence-corrected chi connectivity index (χ0v) is 13.3. The lowest BCUT2D eigenvalue weighted by Crippen LogP contribution is -2.38. The first-order valence-electron chi connectivity index (χ1n) is 8.00. The van der Waals surface area contributed by atoms with Crippen LogP contribution in [0.25, 0.3) is 0 Å². The second-order valence-electron chi connectivity index (χ2n) is 5.92. The minimum absolute atomic E-state index is 0.0263. The van der Waals surface area contributed by atoms with Crippen LogP contribution in [0.5, 0.6) is 0 Å². The highest BCUT2D eigenvalue weighted by molar-refractivity contribution is 5.96. The Bertz CT molecular complexity index is 530. The second-order valence-corrected chi connectivity index (χ2v) is 5.92. The summed E-state index contributed by atoms with van der Waals surface area (Å²) in [6.07, 6.45) is 6.03. The highest BCUT2D eigenvalue weighted by atomic mass is 16.5. The summed E-state index contributed by atoms with van der Waals surface area (Å²) in [4.78, 5) is 28.3. The van der Waals surface area contributed by atoms with Gasteiger partial charge in [0.05, 0.1) is 24.3 Å². The largest absolute Gasteiger partial charge is 0.466 e. The maximum absolute atomic E-state index is 12.5. The smallest absolute Gasteiger partial charge is 0.311 e. The van der Waals surface area contributed by atoms with Gasteiger partial charge in [0.2, 0.25) is 0 Å². The molecule has 5 heteroatoms. The zero-order valence-electron chi connectivity index (χ0n) is 13.3. The van der Waals surface area contributed by atoms with Crippen LogP contribution in [0.3, 0.4) is 0 Å². The van der Waals surface area contributed by atoms with Crippen LogP contribution in [0, 0.1) is 5.92 Å². The van der Waals surface area contributed by atoms with E-state index in [2.05, 4.69) is 17.2 Å². The van der Waals surface area contributed by atoms with Crippen molar-refractivity contribution in [1.82, 2.24) is 10.3 Å². The Balaban J connectivity index is 2.04. The summed E-state index contributed by atoms with van der Waals surface area (Å²) in [6.45, 7) is 4.30. The molecule has 22 heavy (non-hydrogen) atoms. The van der Waals surface area contributed by atoms with Gasteiger partial charge in [-0.1, -0.05) is 19.8 Å². The predicted octanol–water partition coefficient (Wildman–Crippen LogP) is 2.50. The van der Waals surface area contributed by atoms with E-state index < -0.39 is 0 Å². The van der Waals surface area contributed by atoms with Gasteiger partial charge in [0, 0.05) is 12.2 Å². The van der Waals surface area contributed by atoms with Crippen molar-refractivity contribution < 1.29 is 14.3 Å². The van der Waals surface area contributed by atoms with E-state index in [1.54, 1.807) is 25.3 Å². The van der Waals surface area contributed by atoms with E-state index in [1.165, 1.54) is 6.42 Å². The molecule has 2 atom stereocenters. The number of carbonyl (C=O) groups excluding carboxylic acids is 2. The molecule has 0 radical (unpaired) electrons. The number of rotatable bonds is 5. The summed E-state index contributed by atoms with van der Waals surface area (Å²) in [5.41, 5.74) is 0.941. The SMILES string of the molecule is CCOC(=O)Cc1ncccc1C(=O)NC1CCCC(C)C1. The molecule has 0 saturated heterocycles. The second kappa shape index (κ2) is 7.92. The van der Waals surface area contributed by atoms with Gasteiger partial charge in [0.15, 0.2) is 0 Å². The van der Waals surface area contributed by atoms with Gasteiger partial charge in [-0.3, -0.25) is 14.6 Å². The lowest BCUT2D eigenvalue weighted by molar-refractivity contribution is -0.142. The van der Waals surface area contributed by atoms with Gasteiger partial charge >= 0.3 is 5.97 Å². The molecule has 2 unspecified atom stereocenters. The molecule has 1 heterocycles. The molecule has 5 nitrogen and oxygen atoms in total. The summed E-state index contributed by atoms with van der Waals surface area (Å²) in [5, 5.41) is 3.08. The summed E-state index contributed by atoms with van der Waals surface area (Å²) in [7, 11) is 0. The lowest BCUT2D eigenvalue weighted by Gasteiger charge is -2.27. The molecule has 2 rings (SSSR count). The number of amides is 1. The Morgan fingerprint density at radius 1 is 1.41 bits per heavy atom. The Morgan fingerprint density at radius 2 is 2.23 bits per heavy atom. The number of ether oxygens (including phenoxy) is 1. The molecule has 120 valence electrons. The standard InChI is InChI=1S/C17H24N2O3/c1-3-22-16(20)11-15-14(8-5-9-18-15)17(21)19-13-7-4-6-12(2)10-13/h5,8-9,12-13H,3-4,6-7,10-11H2,1-2H3,(H,19,21). The molecular weight excluding hydrogens is 280 g/mol. The van der Waals surface area contributed by atoms with Crippen molar-refractivity contribution in [2.75, 3.05) is 6.61 Å². The zero-order chi connectivity index (χ0) is 15.9. The minimum Gasteiger partial charge on any atom is -0.466 e. The molecular formula is C17H24N2O3. The minimum atomic E-state index is -0.360. The molecule has 0 spiro atoms. The maximum Gasteiger partial charge on any atom is 0.311 e. The number of pyridine rings is 1. The summed E-state index contributed by atoms with van der Waals surface area (Å²) in [5.74, 6) is 0.139. The number of aromatic nitrogens is 1. The van der Waals surface area contributed by atoms with E-state index in [1.807, 2.05) is 0 Å². The quantitative estimate of drug-likeness (QED) is 0.849. The van der Waals surface area contributed by atoms with Crippen LogP contribution >= 0.6 is 0 Å². The Kier molecular flexibility index (Phi) is 5.92. The molecule has 1 aliphatic rings. The van der Waals surface area contributed by atoms with Crippen LogP contribution in [0.1, 0.15) is 55.6 Å². The van der Waals surface area contributed by atoms with Crippen LogP contribution in [-0.4, -0.2) is 29.5 Å². The molecule has 1 fully saturated rings. The van der Waals surface area contributed by atoms with E-state index in [9.17, 15) is 9.59 Å². The Hall–Kier alpha value is -1.91. The highest BCUT2D eigenvalue weighted by Gasteiger charge is 2.22. The van der Waals surface area contributed by atoms with E-state index in [4.69, 9.17) is 4.74 Å². The van der Waals surface area contributed by atoms with Gasteiger partial charge in [0.25, 0.3) is 5.91 Å². The highest BCUT2D eigenvalue weighted by Crippen LogP contribution is 2.23. The van der Waals surface area contributed by atoms with Crippen LogP contribution in [0.2, 0.25) is 0 Å². The summed E-state index contributed by atoms with van der Waals surface area (Å²) in [6, 6.07) is 3.64. The van der Waals surface area contributed by atoms with E-state index in [0.29, 0.717) is 23.8 Å². The van der Waals surface area contributed by atoms with Gasteiger partial charge in [-0.05, 0) is 37.8 Å². The first-order valence-corrected chi connectivity index (χ1v) is 8.00. The van der Waals surface area contributed by atoms with Gasteiger partial charge in [-0.15, -0.1) is 0 Å². The van der Waals surface area contributed by atoms with Gasteiger partial charge in [-0.2, -0.15) is 0 Å². The number of nitrogens with zero attached hydrogens (tertiary/aromatic N) is 1. The number of hydrogen-bond donors (Lipinski definition) is 1. The summed E-state index contributed by atoms with van der Waals surface area (Å²) < 4.78 is 4.93. The van der Waals surface area contributed by atoms with Crippen molar-refractivity contribution in [3.05, 3.63) is 29.6 Å². The number of carbonyl (C=O) groups is 2. The average Bonchev–Trinajstić information content (AvgIpc) is 2.48. The van der Waals surface area contributed by atoms with Crippen molar-refractivity contribution in [3.63, 3.8) is 0 Å². The van der Waals surface area contributed by atoms with Crippen LogP contribution in [-0.2, 0) is 16.0 Å². The molecule has 1 aromatic heterocycles. The van der Waals surface area contributed by atoms with Crippen molar-refractivity contribution in [1.29, 1.82) is 0 Å². The van der Waals surface area contributed by atoms with Crippen molar-refractivity contribution in [2.24, 2.45) is 5.92 Å². The van der Waals surface area contributed by atoms with Crippen molar-refractivity contribution in [3.8, 4) is 0 Å². The average molecular weight is 304 g/mol. The molecule has 1 amide bonds. The lowest BCUT2D eigenvalue weighted by atomic mass is 9.87. The van der Waals surface area contributed by atoms with Gasteiger partial charge in [-0.25, -0.2) is 0 Å². The fraction of sp³-hybridized carbons (Fsp3) is 0.588. The van der Waals surface area contributed by atoms with Crippen LogP contribution < -0.4 is 5.32 Å². The Morgan fingerprint density at radius 3 is 2.95 bits per heavy atom. The predicted molar refractivity (Wildman–Crippen MR) is 83.5 cm³/mol. The normalized spacial score (nSPS) is 21.2. The third kappa shape index (κ3) is 4.55. The molecule has 0 bridgehead atoms. The van der Waals surface area contributed by atoms with E-state index in [-0.39, 0.29) is 24.3 Å². The fourth-order valence-electron chi connectivity index (χ4n) is 2.96. The third-order valence-corrected chi connectivity index (χ3v) is 4.02. The number of hydrogen-bond acceptors (Lipinski definition) is 4. The number of esters is 1. The molecule has 1 saturated carbocycles. The molecule has 1 aromatic rings. The van der Waals surface area contributed by atoms with Crippen molar-refractivity contribution in [2.45, 2.75) is 52.0 Å². The van der Waals surface area contributed by atoms with Gasteiger partial charge < -0.3 is 10.1 Å². The van der Waals surface area contributed by atoms with Crippen LogP contribution in [0.15, 0.2) is 18.3 Å². The number of nitrogens with one attached hydrogen (secondary N) is 1. The Labute approximate surface area is 131 Å². The molecule has 0 aromatic carbocycles. The summed E-state index contributed by atoms with van der Waals surface area (Å²) >= 11 is 0. The van der Waals surface area contributed by atoms with Crippen LogP contribution in [0.4, 0.5) is 0 Å². The maximum atomic E-state index is 12.5. The fourth-order valence-corrected chi connectivity index (χ4v) is 2.96.